The monoisotopic (exact) mass is 269 g/mol. The molecule has 8 nitrogen and oxygen atoms in total. The van der Waals surface area contributed by atoms with Crippen LogP contribution < -0.4 is 16.6 Å². The van der Waals surface area contributed by atoms with E-state index in [2.05, 4.69) is 10.3 Å². The summed E-state index contributed by atoms with van der Waals surface area (Å²) in [6, 6.07) is -1.08. The number of carbonyl (C=O) groups is 2. The molecule has 1 aromatic rings. The second-order valence-electron chi connectivity index (χ2n) is 4.48. The van der Waals surface area contributed by atoms with Gasteiger partial charge in [0.2, 0.25) is 0 Å². The molecule has 104 valence electrons. The van der Waals surface area contributed by atoms with Crippen molar-refractivity contribution in [3.05, 3.63) is 32.6 Å². The fourth-order valence-corrected chi connectivity index (χ4v) is 1.51. The minimum atomic E-state index is -1.18. The van der Waals surface area contributed by atoms with E-state index in [1.165, 1.54) is 0 Å². The van der Waals surface area contributed by atoms with Gasteiger partial charge >= 0.3 is 11.7 Å². The van der Waals surface area contributed by atoms with Crippen LogP contribution in [0.5, 0.6) is 0 Å². The Morgan fingerprint density at radius 3 is 2.47 bits per heavy atom. The Morgan fingerprint density at radius 1 is 1.37 bits per heavy atom. The molecule has 0 aliphatic rings. The molecule has 4 N–H and O–H groups in total. The summed E-state index contributed by atoms with van der Waals surface area (Å²) in [6.07, 6.45) is 1.19. The van der Waals surface area contributed by atoms with E-state index in [1.54, 1.807) is 0 Å². The van der Waals surface area contributed by atoms with Crippen LogP contribution in [0.2, 0.25) is 0 Å². The standard InChI is InChI=1S/C11H15N3O5/c1-5(2)3-7(10(17)18)13-8(15)6-4-12-11(19)14-9(6)16/h4-5,7H,3H2,1-2H3,(H,13,15)(H,17,18)(H2,12,14,16,19). The van der Waals surface area contributed by atoms with E-state index < -0.39 is 29.2 Å². The third-order valence-corrected chi connectivity index (χ3v) is 2.37. The summed E-state index contributed by atoms with van der Waals surface area (Å²) in [5, 5.41) is 11.2. The van der Waals surface area contributed by atoms with E-state index in [9.17, 15) is 19.2 Å². The number of H-pyrrole nitrogens is 2. The highest BCUT2D eigenvalue weighted by Crippen LogP contribution is 2.05. The summed E-state index contributed by atoms with van der Waals surface area (Å²) in [5.74, 6) is -1.95. The van der Waals surface area contributed by atoms with Crippen molar-refractivity contribution < 1.29 is 14.7 Å². The Labute approximate surface area is 107 Å². The largest absolute Gasteiger partial charge is 0.480 e. The smallest absolute Gasteiger partial charge is 0.326 e. The highest BCUT2D eigenvalue weighted by molar-refractivity contribution is 5.95. The molecular formula is C11H15N3O5. The minimum absolute atomic E-state index is 0.0651. The van der Waals surface area contributed by atoms with Gasteiger partial charge in [-0.05, 0) is 12.3 Å². The molecular weight excluding hydrogens is 254 g/mol. The quantitative estimate of drug-likeness (QED) is 0.560. The second-order valence-corrected chi connectivity index (χ2v) is 4.48. The van der Waals surface area contributed by atoms with Gasteiger partial charge in [0, 0.05) is 6.20 Å². The molecule has 1 rings (SSSR count). The Balaban J connectivity index is 2.91. The first kappa shape index (κ1) is 14.7. The zero-order valence-corrected chi connectivity index (χ0v) is 10.5. The van der Waals surface area contributed by atoms with Crippen molar-refractivity contribution >= 4 is 11.9 Å². The third-order valence-electron chi connectivity index (χ3n) is 2.37. The molecule has 0 saturated carbocycles. The van der Waals surface area contributed by atoms with Gasteiger partial charge in [-0.1, -0.05) is 13.8 Å². The van der Waals surface area contributed by atoms with E-state index >= 15 is 0 Å². The lowest BCUT2D eigenvalue weighted by molar-refractivity contribution is -0.139. The lowest BCUT2D eigenvalue weighted by atomic mass is 10.0. The summed E-state index contributed by atoms with van der Waals surface area (Å²) in [5.41, 5.74) is -1.94. The van der Waals surface area contributed by atoms with Crippen LogP contribution in [0.15, 0.2) is 15.8 Å². The summed E-state index contributed by atoms with van der Waals surface area (Å²) < 4.78 is 0. The number of carboxylic acids is 1. The molecule has 1 heterocycles. The SMILES string of the molecule is CC(C)CC(NC(=O)c1c[nH]c(=O)[nH]c1=O)C(=O)O. The molecule has 0 saturated heterocycles. The maximum Gasteiger partial charge on any atom is 0.326 e. The molecule has 0 bridgehead atoms. The number of hydrogen-bond donors (Lipinski definition) is 4. The fourth-order valence-electron chi connectivity index (χ4n) is 1.51. The zero-order valence-electron chi connectivity index (χ0n) is 10.5. The second kappa shape index (κ2) is 5.98. The van der Waals surface area contributed by atoms with E-state index in [1.807, 2.05) is 18.8 Å². The maximum absolute atomic E-state index is 11.8. The molecule has 8 heteroatoms. The number of aliphatic carboxylic acids is 1. The summed E-state index contributed by atoms with van der Waals surface area (Å²) >= 11 is 0. The molecule has 0 radical (unpaired) electrons. The van der Waals surface area contributed by atoms with Gasteiger partial charge < -0.3 is 15.4 Å². The van der Waals surface area contributed by atoms with Gasteiger partial charge in [0.25, 0.3) is 11.5 Å². The van der Waals surface area contributed by atoms with Crippen LogP contribution in [0.1, 0.15) is 30.6 Å². The Bertz CT molecular complexity index is 586. The number of carbonyl (C=O) groups excluding carboxylic acids is 1. The molecule has 0 aromatic carbocycles. The number of aromatic nitrogens is 2. The summed E-state index contributed by atoms with van der Waals surface area (Å²) in [6.45, 7) is 3.63. The van der Waals surface area contributed by atoms with Crippen LogP contribution >= 0.6 is 0 Å². The van der Waals surface area contributed by atoms with Crippen molar-refractivity contribution in [2.75, 3.05) is 0 Å². The molecule has 19 heavy (non-hydrogen) atoms. The first-order valence-electron chi connectivity index (χ1n) is 5.67. The molecule has 0 spiro atoms. The molecule has 0 aliphatic carbocycles. The topological polar surface area (TPSA) is 132 Å². The highest BCUT2D eigenvalue weighted by Gasteiger charge is 2.23. The van der Waals surface area contributed by atoms with Crippen LogP contribution in [0, 0.1) is 5.92 Å². The van der Waals surface area contributed by atoms with Crippen LogP contribution in [0.4, 0.5) is 0 Å². The fraction of sp³-hybridized carbons (Fsp3) is 0.455. The predicted octanol–water partition coefficient (Wildman–Crippen LogP) is -0.708. The molecule has 0 fully saturated rings. The van der Waals surface area contributed by atoms with E-state index in [0.717, 1.165) is 6.20 Å². The van der Waals surface area contributed by atoms with Gasteiger partial charge in [0.15, 0.2) is 0 Å². The van der Waals surface area contributed by atoms with Crippen molar-refractivity contribution in [1.29, 1.82) is 0 Å². The van der Waals surface area contributed by atoms with E-state index in [-0.39, 0.29) is 17.9 Å². The number of aromatic amines is 2. The van der Waals surface area contributed by atoms with E-state index in [4.69, 9.17) is 5.11 Å². The Kier molecular flexibility index (Phi) is 4.62. The van der Waals surface area contributed by atoms with Gasteiger partial charge in [0.1, 0.15) is 11.6 Å². The number of nitrogens with one attached hydrogen (secondary N) is 3. The summed E-state index contributed by atoms with van der Waals surface area (Å²) in [7, 11) is 0. The van der Waals surface area contributed by atoms with Crippen molar-refractivity contribution in [2.45, 2.75) is 26.3 Å². The predicted molar refractivity (Wildman–Crippen MR) is 66.0 cm³/mol. The van der Waals surface area contributed by atoms with Gasteiger partial charge in [-0.25, -0.2) is 9.59 Å². The first-order valence-corrected chi connectivity index (χ1v) is 5.67. The average Bonchev–Trinajstić information content (AvgIpc) is 2.26. The maximum atomic E-state index is 11.8. The Morgan fingerprint density at radius 2 is 2.00 bits per heavy atom. The average molecular weight is 269 g/mol. The third kappa shape index (κ3) is 4.09. The molecule has 1 amide bonds. The van der Waals surface area contributed by atoms with Gasteiger partial charge in [0.05, 0.1) is 0 Å². The highest BCUT2D eigenvalue weighted by atomic mass is 16.4. The van der Waals surface area contributed by atoms with Gasteiger partial charge in [-0.3, -0.25) is 14.6 Å². The number of hydrogen-bond acceptors (Lipinski definition) is 4. The zero-order chi connectivity index (χ0) is 14.6. The van der Waals surface area contributed by atoms with Crippen LogP contribution in [0.25, 0.3) is 0 Å². The first-order chi connectivity index (χ1) is 8.81. The van der Waals surface area contributed by atoms with Crippen molar-refractivity contribution in [3.8, 4) is 0 Å². The number of amides is 1. The lowest BCUT2D eigenvalue weighted by Gasteiger charge is -2.15. The summed E-state index contributed by atoms with van der Waals surface area (Å²) in [4.78, 5) is 48.9. The molecule has 1 unspecified atom stereocenters. The Hall–Kier alpha value is -2.38. The van der Waals surface area contributed by atoms with Crippen LogP contribution in [0.3, 0.4) is 0 Å². The molecule has 1 aromatic heterocycles. The number of rotatable bonds is 5. The van der Waals surface area contributed by atoms with E-state index in [0.29, 0.717) is 0 Å². The lowest BCUT2D eigenvalue weighted by Crippen LogP contribution is -2.44. The van der Waals surface area contributed by atoms with Crippen molar-refractivity contribution in [1.82, 2.24) is 15.3 Å². The molecule has 1 atom stereocenters. The minimum Gasteiger partial charge on any atom is -0.480 e. The van der Waals surface area contributed by atoms with Crippen LogP contribution in [-0.2, 0) is 4.79 Å². The van der Waals surface area contributed by atoms with Gasteiger partial charge in [-0.2, -0.15) is 0 Å². The van der Waals surface area contributed by atoms with Crippen LogP contribution in [-0.4, -0.2) is 33.0 Å². The van der Waals surface area contributed by atoms with Gasteiger partial charge in [-0.15, -0.1) is 0 Å². The van der Waals surface area contributed by atoms with Crippen molar-refractivity contribution in [3.63, 3.8) is 0 Å². The van der Waals surface area contributed by atoms with Crippen molar-refractivity contribution in [2.24, 2.45) is 5.92 Å². The molecule has 0 aliphatic heterocycles. The normalized spacial score (nSPS) is 12.2. The number of carboxylic acid groups (broad SMARTS) is 1.